The van der Waals surface area contributed by atoms with Crippen molar-refractivity contribution in [1.82, 2.24) is 0 Å². The second-order valence-corrected chi connectivity index (χ2v) is 6.74. The van der Waals surface area contributed by atoms with Gasteiger partial charge in [0, 0.05) is 0 Å². The summed E-state index contributed by atoms with van der Waals surface area (Å²) in [7, 11) is 0. The van der Waals surface area contributed by atoms with Gasteiger partial charge in [-0.15, -0.1) is 5.69 Å². The largest absolute Gasteiger partial charge is 0.698 e. The molecule has 0 radical (unpaired) electrons. The van der Waals surface area contributed by atoms with Gasteiger partial charge < -0.3 is 5.73 Å². The molecule has 0 atom stereocenters. The maximum absolute atomic E-state index is 8.35. The lowest BCUT2D eigenvalue weighted by molar-refractivity contribution is 0.573. The van der Waals surface area contributed by atoms with Crippen molar-refractivity contribution in [3.05, 3.63) is 34.6 Å². The Bertz CT molecular complexity index is 354. The van der Waals surface area contributed by atoms with E-state index < -0.39 is 0 Å². The molecule has 0 amide bonds. The molecule has 0 aliphatic heterocycles. The van der Waals surface area contributed by atoms with Crippen LogP contribution in [0.1, 0.15) is 58.2 Å². The van der Waals surface area contributed by atoms with Crippen LogP contribution >= 0.6 is 0 Å². The summed E-state index contributed by atoms with van der Waals surface area (Å²) in [5, 5.41) is 0. The van der Waals surface area contributed by atoms with E-state index in [1.807, 2.05) is 0 Å². The van der Waals surface area contributed by atoms with Gasteiger partial charge in [-0.05, 0) is 17.8 Å². The van der Waals surface area contributed by atoms with E-state index in [1.54, 1.807) is 0 Å². The first-order valence-corrected chi connectivity index (χ1v) is 5.90. The van der Waals surface area contributed by atoms with E-state index in [-0.39, 0.29) is 10.8 Å². The van der Waals surface area contributed by atoms with Gasteiger partial charge in [0.1, 0.15) is 0 Å². The first kappa shape index (κ1) is 13.1. The quantitative estimate of drug-likeness (QED) is 0.566. The molecule has 0 aromatic heterocycles. The molecule has 0 bridgehead atoms. The fourth-order valence-electron chi connectivity index (χ4n) is 1.97. The Balaban J connectivity index is 3.51. The molecule has 0 fully saturated rings. The summed E-state index contributed by atoms with van der Waals surface area (Å²) in [6.07, 6.45) is 0. The maximum atomic E-state index is 8.35. The van der Waals surface area contributed by atoms with E-state index in [1.165, 1.54) is 5.56 Å². The summed E-state index contributed by atoms with van der Waals surface area (Å²) in [6.45, 7) is 15.2. The lowest BCUT2D eigenvalue weighted by Gasteiger charge is -2.33. The Morgan fingerprint density at radius 3 is 1.38 bits per heavy atom. The lowest BCUT2D eigenvalue weighted by Crippen LogP contribution is -2.17. The molecule has 1 rings (SSSR count). The standard InChI is InChI=1S/C15H24N/c1-10-8-11(14(2,3)4)13(16)12(9-10)15(5,6)7/h8-9,16H,1-7H3/q-1. The van der Waals surface area contributed by atoms with Crippen LogP contribution in [0.5, 0.6) is 0 Å². The third kappa shape index (κ3) is 2.58. The molecule has 0 spiro atoms. The van der Waals surface area contributed by atoms with Crippen LogP contribution in [0.3, 0.4) is 0 Å². The fraction of sp³-hybridized carbons (Fsp3) is 0.600. The molecule has 1 nitrogen and oxygen atoms in total. The first-order valence-electron chi connectivity index (χ1n) is 5.90. The van der Waals surface area contributed by atoms with E-state index >= 15 is 0 Å². The minimum Gasteiger partial charge on any atom is -0.698 e. The van der Waals surface area contributed by atoms with Gasteiger partial charge in [-0.1, -0.05) is 70.4 Å². The Labute approximate surface area is 100 Å². The molecule has 1 aromatic rings. The van der Waals surface area contributed by atoms with Gasteiger partial charge in [-0.25, -0.2) is 0 Å². The topological polar surface area (TPSA) is 23.8 Å². The minimum absolute atomic E-state index is 0.0447. The Morgan fingerprint density at radius 2 is 1.12 bits per heavy atom. The molecule has 16 heavy (non-hydrogen) atoms. The van der Waals surface area contributed by atoms with E-state index in [0.717, 1.165) is 11.1 Å². The maximum Gasteiger partial charge on any atom is -0.0144 e. The summed E-state index contributed by atoms with van der Waals surface area (Å²) < 4.78 is 0. The number of hydrogen-bond acceptors (Lipinski definition) is 0. The highest BCUT2D eigenvalue weighted by atomic mass is 14.6. The van der Waals surface area contributed by atoms with Crippen LogP contribution in [-0.4, -0.2) is 0 Å². The lowest BCUT2D eigenvalue weighted by atomic mass is 9.78. The van der Waals surface area contributed by atoms with Crippen molar-refractivity contribution in [2.24, 2.45) is 0 Å². The highest BCUT2D eigenvalue weighted by Gasteiger charge is 2.21. The molecular weight excluding hydrogens is 194 g/mol. The van der Waals surface area contributed by atoms with Gasteiger partial charge in [0.2, 0.25) is 0 Å². The van der Waals surface area contributed by atoms with Crippen LogP contribution in [0.4, 0.5) is 5.69 Å². The molecule has 1 aromatic carbocycles. The molecule has 0 heterocycles. The number of rotatable bonds is 0. The third-order valence-corrected chi connectivity index (χ3v) is 2.90. The molecule has 0 saturated heterocycles. The predicted octanol–water partition coefficient (Wildman–Crippen LogP) is 5.27. The zero-order valence-electron chi connectivity index (χ0n) is 11.7. The number of benzene rings is 1. The Kier molecular flexibility index (Phi) is 3.11. The highest BCUT2D eigenvalue weighted by Crippen LogP contribution is 2.39. The van der Waals surface area contributed by atoms with Crippen LogP contribution in [0.15, 0.2) is 12.1 Å². The molecule has 1 heteroatoms. The van der Waals surface area contributed by atoms with Crippen molar-refractivity contribution < 1.29 is 0 Å². The zero-order chi connectivity index (χ0) is 12.7. The number of hydrogen-bond donors (Lipinski definition) is 0. The molecule has 0 saturated carbocycles. The third-order valence-electron chi connectivity index (χ3n) is 2.90. The van der Waals surface area contributed by atoms with Gasteiger partial charge in [0.05, 0.1) is 0 Å². The second-order valence-electron chi connectivity index (χ2n) is 6.74. The van der Waals surface area contributed by atoms with Gasteiger partial charge in [0.15, 0.2) is 0 Å². The SMILES string of the molecule is Cc1cc(C(C)(C)C)c([NH-])c(C(C)(C)C)c1. The normalized spacial score (nSPS) is 12.9. The highest BCUT2D eigenvalue weighted by molar-refractivity contribution is 5.63. The molecular formula is C15H24N-. The monoisotopic (exact) mass is 218 g/mol. The summed E-state index contributed by atoms with van der Waals surface area (Å²) in [5.41, 5.74) is 12.7. The number of nitrogens with one attached hydrogen (secondary N) is 1. The van der Waals surface area contributed by atoms with Gasteiger partial charge >= 0.3 is 0 Å². The average Bonchev–Trinajstić information content (AvgIpc) is 2.04. The van der Waals surface area contributed by atoms with Crippen LogP contribution in [0.2, 0.25) is 0 Å². The average molecular weight is 218 g/mol. The zero-order valence-corrected chi connectivity index (χ0v) is 11.7. The van der Waals surface area contributed by atoms with Crippen LogP contribution in [-0.2, 0) is 10.8 Å². The van der Waals surface area contributed by atoms with E-state index in [4.69, 9.17) is 5.73 Å². The van der Waals surface area contributed by atoms with Gasteiger partial charge in [-0.2, -0.15) is 0 Å². The predicted molar refractivity (Wildman–Crippen MR) is 72.6 cm³/mol. The Hall–Kier alpha value is -0.980. The summed E-state index contributed by atoms with van der Waals surface area (Å²) in [4.78, 5) is 0. The molecule has 0 aliphatic carbocycles. The van der Waals surface area contributed by atoms with E-state index in [9.17, 15) is 0 Å². The van der Waals surface area contributed by atoms with Gasteiger partial charge in [-0.3, -0.25) is 0 Å². The van der Waals surface area contributed by atoms with Gasteiger partial charge in [0.25, 0.3) is 0 Å². The minimum atomic E-state index is 0.0447. The van der Waals surface area contributed by atoms with Crippen molar-refractivity contribution in [1.29, 1.82) is 0 Å². The van der Waals surface area contributed by atoms with Crippen LogP contribution in [0.25, 0.3) is 5.73 Å². The molecule has 0 unspecified atom stereocenters. The van der Waals surface area contributed by atoms with Crippen molar-refractivity contribution in [2.75, 3.05) is 0 Å². The van der Waals surface area contributed by atoms with E-state index in [2.05, 4.69) is 60.6 Å². The molecule has 1 N–H and O–H groups in total. The molecule has 90 valence electrons. The first-order chi connectivity index (χ1) is 7.03. The Morgan fingerprint density at radius 1 is 0.812 bits per heavy atom. The van der Waals surface area contributed by atoms with Crippen molar-refractivity contribution in [2.45, 2.75) is 59.3 Å². The smallest absolute Gasteiger partial charge is 0.0144 e. The molecule has 0 aliphatic rings. The van der Waals surface area contributed by atoms with Crippen LogP contribution in [0, 0.1) is 6.92 Å². The fourth-order valence-corrected chi connectivity index (χ4v) is 1.97. The second kappa shape index (κ2) is 3.80. The number of aryl methyl sites for hydroxylation is 1. The van der Waals surface area contributed by atoms with E-state index in [0.29, 0.717) is 5.69 Å². The van der Waals surface area contributed by atoms with Crippen molar-refractivity contribution >= 4 is 5.69 Å². The van der Waals surface area contributed by atoms with Crippen LogP contribution < -0.4 is 0 Å². The van der Waals surface area contributed by atoms with Crippen molar-refractivity contribution in [3.63, 3.8) is 0 Å². The summed E-state index contributed by atoms with van der Waals surface area (Å²) in [5.74, 6) is 0. The summed E-state index contributed by atoms with van der Waals surface area (Å²) >= 11 is 0. The summed E-state index contributed by atoms with van der Waals surface area (Å²) in [6, 6.07) is 4.30. The van der Waals surface area contributed by atoms with Crippen molar-refractivity contribution in [3.8, 4) is 0 Å².